The molecule has 0 saturated carbocycles. The van der Waals surface area contributed by atoms with E-state index >= 15 is 0 Å². The molecule has 1 unspecified atom stereocenters. The number of halogens is 2. The van der Waals surface area contributed by atoms with Crippen molar-refractivity contribution in [1.82, 2.24) is 9.88 Å². The van der Waals surface area contributed by atoms with Crippen molar-refractivity contribution in [2.24, 2.45) is 5.92 Å². The van der Waals surface area contributed by atoms with E-state index in [-0.39, 0.29) is 29.9 Å². The Hall–Kier alpha value is -2.55. The second-order valence-corrected chi connectivity index (χ2v) is 7.35. The summed E-state index contributed by atoms with van der Waals surface area (Å²) in [5.41, 5.74) is 1.40. The zero-order valence-electron chi connectivity index (χ0n) is 14.9. The van der Waals surface area contributed by atoms with E-state index in [2.05, 4.69) is 15.0 Å². The van der Waals surface area contributed by atoms with E-state index in [0.29, 0.717) is 23.9 Å². The number of aromatic nitrogens is 1. The fourth-order valence-corrected chi connectivity index (χ4v) is 3.81. The zero-order chi connectivity index (χ0) is 19.6. The van der Waals surface area contributed by atoms with Crippen molar-refractivity contribution in [2.75, 3.05) is 18.4 Å². The molecule has 0 aliphatic carbocycles. The molecule has 3 rings (SSSR count). The van der Waals surface area contributed by atoms with Gasteiger partial charge in [0.25, 0.3) is 0 Å². The average molecular weight is 395 g/mol. The highest BCUT2D eigenvalue weighted by molar-refractivity contribution is 7.16. The number of thiazole rings is 1. The van der Waals surface area contributed by atoms with Crippen LogP contribution in [-0.2, 0) is 9.59 Å². The summed E-state index contributed by atoms with van der Waals surface area (Å²) in [6, 6.07) is 6.17. The summed E-state index contributed by atoms with van der Waals surface area (Å²) in [5.74, 6) is -0.544. The van der Waals surface area contributed by atoms with E-state index in [1.807, 2.05) is 13.8 Å². The third-order valence-corrected chi connectivity index (χ3v) is 5.23. The maximum absolute atomic E-state index is 12.4. The molecular formula is C18H19F2N3O3S. The lowest BCUT2D eigenvalue weighted by molar-refractivity contribution is -0.128. The summed E-state index contributed by atoms with van der Waals surface area (Å²) in [6.45, 7) is 1.89. The third kappa shape index (κ3) is 4.41. The van der Waals surface area contributed by atoms with Gasteiger partial charge in [-0.1, -0.05) is 0 Å². The number of aryl methyl sites for hydroxylation is 1. The molecule has 2 amide bonds. The normalized spacial score (nSPS) is 16.9. The van der Waals surface area contributed by atoms with Crippen LogP contribution in [0.3, 0.4) is 0 Å². The van der Waals surface area contributed by atoms with Crippen LogP contribution in [-0.4, -0.2) is 41.4 Å². The van der Waals surface area contributed by atoms with Gasteiger partial charge in [-0.25, -0.2) is 4.98 Å². The highest BCUT2D eigenvalue weighted by Gasteiger charge is 2.33. The Labute approximate surface area is 159 Å². The van der Waals surface area contributed by atoms with Crippen molar-refractivity contribution in [3.05, 3.63) is 29.1 Å². The molecule has 6 nitrogen and oxygen atoms in total. The lowest BCUT2D eigenvalue weighted by atomic mass is 10.1. The molecule has 27 heavy (non-hydrogen) atoms. The first-order valence-electron chi connectivity index (χ1n) is 8.48. The average Bonchev–Trinajstić information content (AvgIpc) is 3.17. The molecule has 1 saturated heterocycles. The molecule has 1 aromatic heterocycles. The Morgan fingerprint density at radius 3 is 2.70 bits per heavy atom. The Balaban J connectivity index is 1.69. The number of rotatable bonds is 6. The van der Waals surface area contributed by atoms with Gasteiger partial charge in [0.15, 0.2) is 5.13 Å². The number of ether oxygens (including phenoxy) is 1. The summed E-state index contributed by atoms with van der Waals surface area (Å²) in [6.07, 6.45) is 0.211. The number of carbonyl (C=O) groups is 2. The molecule has 0 bridgehead atoms. The van der Waals surface area contributed by atoms with E-state index in [0.717, 1.165) is 10.4 Å². The monoisotopic (exact) mass is 395 g/mol. The summed E-state index contributed by atoms with van der Waals surface area (Å²) >= 11 is 1.33. The molecule has 2 heterocycles. The van der Waals surface area contributed by atoms with Crippen LogP contribution >= 0.6 is 11.3 Å². The standard InChI is InChI=1S/C18H19F2N3O3S/c1-3-23-9-12(8-14(23)24)16(25)22-18-21-15(10(2)27-18)11-4-6-13(7-5-11)26-17(19)20/h4-7,12,17H,3,8-9H2,1-2H3,(H,21,22,25). The van der Waals surface area contributed by atoms with Crippen LogP contribution in [0.5, 0.6) is 5.75 Å². The Bertz CT molecular complexity index is 839. The molecular weight excluding hydrogens is 376 g/mol. The Morgan fingerprint density at radius 2 is 2.11 bits per heavy atom. The minimum absolute atomic E-state index is 0.0141. The van der Waals surface area contributed by atoms with Crippen LogP contribution in [0.2, 0.25) is 0 Å². The summed E-state index contributed by atoms with van der Waals surface area (Å²) < 4.78 is 28.8. The molecule has 2 aromatic rings. The minimum Gasteiger partial charge on any atom is -0.435 e. The van der Waals surface area contributed by atoms with Crippen molar-refractivity contribution in [1.29, 1.82) is 0 Å². The van der Waals surface area contributed by atoms with Crippen LogP contribution in [0.4, 0.5) is 13.9 Å². The van der Waals surface area contributed by atoms with Crippen LogP contribution < -0.4 is 10.1 Å². The second kappa shape index (κ2) is 7.99. The van der Waals surface area contributed by atoms with Gasteiger partial charge in [0.05, 0.1) is 11.6 Å². The Morgan fingerprint density at radius 1 is 1.41 bits per heavy atom. The van der Waals surface area contributed by atoms with E-state index in [4.69, 9.17) is 0 Å². The predicted octanol–water partition coefficient (Wildman–Crippen LogP) is 3.53. The van der Waals surface area contributed by atoms with Crippen molar-refractivity contribution >= 4 is 28.3 Å². The van der Waals surface area contributed by atoms with E-state index < -0.39 is 6.61 Å². The number of hydrogen-bond donors (Lipinski definition) is 1. The number of benzene rings is 1. The minimum atomic E-state index is -2.87. The molecule has 0 spiro atoms. The molecule has 1 aliphatic heterocycles. The Kier molecular flexibility index (Phi) is 5.69. The number of nitrogens with zero attached hydrogens (tertiary/aromatic N) is 2. The van der Waals surface area contributed by atoms with Gasteiger partial charge in [-0.2, -0.15) is 8.78 Å². The number of anilines is 1. The van der Waals surface area contributed by atoms with Crippen LogP contribution in [0.1, 0.15) is 18.2 Å². The van der Waals surface area contributed by atoms with Crippen molar-refractivity contribution in [3.63, 3.8) is 0 Å². The number of likely N-dealkylation sites (tertiary alicyclic amines) is 1. The summed E-state index contributed by atoms with van der Waals surface area (Å²) in [4.78, 5) is 31.2. The molecule has 1 aromatic carbocycles. The van der Waals surface area contributed by atoms with Crippen LogP contribution in [0.15, 0.2) is 24.3 Å². The topological polar surface area (TPSA) is 71.5 Å². The van der Waals surface area contributed by atoms with Gasteiger partial charge in [0.2, 0.25) is 11.8 Å². The van der Waals surface area contributed by atoms with Crippen LogP contribution in [0, 0.1) is 12.8 Å². The molecule has 1 fully saturated rings. The highest BCUT2D eigenvalue weighted by Crippen LogP contribution is 2.32. The summed E-state index contributed by atoms with van der Waals surface area (Å²) in [7, 11) is 0. The highest BCUT2D eigenvalue weighted by atomic mass is 32.1. The van der Waals surface area contributed by atoms with Crippen molar-refractivity contribution in [3.8, 4) is 17.0 Å². The van der Waals surface area contributed by atoms with Gasteiger partial charge < -0.3 is 15.0 Å². The van der Waals surface area contributed by atoms with E-state index in [1.165, 1.54) is 23.5 Å². The number of alkyl halides is 2. The first-order valence-corrected chi connectivity index (χ1v) is 9.30. The summed E-state index contributed by atoms with van der Waals surface area (Å²) in [5, 5.41) is 3.23. The molecule has 9 heteroatoms. The zero-order valence-corrected chi connectivity index (χ0v) is 15.7. The largest absolute Gasteiger partial charge is 0.435 e. The van der Waals surface area contributed by atoms with Crippen molar-refractivity contribution in [2.45, 2.75) is 26.9 Å². The molecule has 144 valence electrons. The van der Waals surface area contributed by atoms with Gasteiger partial charge in [0, 0.05) is 30.0 Å². The SMILES string of the molecule is CCN1CC(C(=O)Nc2nc(-c3ccc(OC(F)F)cc3)c(C)s2)CC1=O. The predicted molar refractivity (Wildman–Crippen MR) is 97.9 cm³/mol. The van der Waals surface area contributed by atoms with E-state index in [1.54, 1.807) is 17.0 Å². The second-order valence-electron chi connectivity index (χ2n) is 6.15. The fraction of sp³-hybridized carbons (Fsp3) is 0.389. The number of hydrogen-bond acceptors (Lipinski definition) is 5. The van der Waals surface area contributed by atoms with Gasteiger partial charge in [0.1, 0.15) is 5.75 Å². The molecule has 0 radical (unpaired) electrons. The maximum atomic E-state index is 12.4. The first kappa shape index (κ1) is 19.2. The third-order valence-electron chi connectivity index (χ3n) is 4.35. The molecule has 1 aliphatic rings. The van der Waals surface area contributed by atoms with Gasteiger partial charge in [-0.05, 0) is 38.1 Å². The van der Waals surface area contributed by atoms with Crippen LogP contribution in [0.25, 0.3) is 11.3 Å². The van der Waals surface area contributed by atoms with Gasteiger partial charge >= 0.3 is 6.61 Å². The fourth-order valence-electron chi connectivity index (χ4n) is 2.97. The lowest BCUT2D eigenvalue weighted by Gasteiger charge is -2.12. The first-order chi connectivity index (χ1) is 12.9. The molecule has 1 atom stereocenters. The quantitative estimate of drug-likeness (QED) is 0.812. The maximum Gasteiger partial charge on any atom is 0.387 e. The smallest absolute Gasteiger partial charge is 0.387 e. The van der Waals surface area contributed by atoms with Crippen molar-refractivity contribution < 1.29 is 23.1 Å². The van der Waals surface area contributed by atoms with E-state index in [9.17, 15) is 18.4 Å². The van der Waals surface area contributed by atoms with Gasteiger partial charge in [-0.3, -0.25) is 9.59 Å². The number of amides is 2. The number of nitrogens with one attached hydrogen (secondary N) is 1. The molecule has 1 N–H and O–H groups in total. The van der Waals surface area contributed by atoms with Gasteiger partial charge in [-0.15, -0.1) is 11.3 Å². The number of carbonyl (C=O) groups excluding carboxylic acids is 2. The lowest BCUT2D eigenvalue weighted by Crippen LogP contribution is -2.28.